The zero-order valence-corrected chi connectivity index (χ0v) is 53.6. The number of Topliss-reactive ketones (excluding diaryl/α,β-unsaturated/α-hetero) is 2. The topological polar surface area (TPSA) is 713 Å². The van der Waals surface area contributed by atoms with Crippen molar-refractivity contribution in [3.63, 3.8) is 0 Å². The number of carboxylic acids is 2. The number of nitrogens with one attached hydrogen (secondary N) is 8. The number of carbonyl (C=O) groups is 11. The molecule has 3 rings (SSSR count). The van der Waals surface area contributed by atoms with Crippen LogP contribution in [0.2, 0.25) is 0 Å². The lowest BCUT2D eigenvalue weighted by Crippen LogP contribution is -2.50. The van der Waals surface area contributed by atoms with E-state index in [1.54, 1.807) is 0 Å². The van der Waals surface area contributed by atoms with Crippen LogP contribution in [0, 0.1) is 11.8 Å². The number of rotatable bonds is 49. The van der Waals surface area contributed by atoms with Crippen LogP contribution >= 0.6 is 0 Å². The molecule has 27 N–H and O–H groups in total. The number of aromatic amines is 1. The number of H-pyrrole nitrogens is 1. The normalized spacial score (nSPS) is 16.6. The van der Waals surface area contributed by atoms with E-state index in [0.717, 1.165) is 0 Å². The number of aliphatic carboxylic acids is 2. The summed E-state index contributed by atoms with van der Waals surface area (Å²) in [6, 6.07) is 0.327. The SMILES string of the molecule is Nc1nc2ncc(CNc3ccc(C(=O)N[C@@H](CCC(=O)C[C@@H](CCC(=O)NC[C@H](O)[C@@H](O)[C@H](O)[C@H](O)CO)C(=O)N[C@@H](CCC(=O)O)C(=O)C[C@@H](CCC(=O)NC[C@H](O)[C@@H](O)[C@H](O)[C@H](O)CO)C(=O)N[C@H](C=O)CCC(=O)NC[C@H](O)[C@@H](O)[C@H](O)[C@H](O)CO)C(=O)O)cc3)nc2c(=O)[nH]1. The average molecular weight is 1430 g/mol. The highest BCUT2D eigenvalue weighted by molar-refractivity contribution is 5.98. The van der Waals surface area contributed by atoms with Gasteiger partial charge < -0.3 is 135 Å². The number of ketones is 2. The molecule has 0 saturated heterocycles. The number of hydrogen-bond donors (Lipinski definition) is 26. The summed E-state index contributed by atoms with van der Waals surface area (Å²) < 4.78 is 0. The Balaban J connectivity index is 1.89. The molecule has 0 spiro atoms. The minimum atomic E-state index is -2.13. The lowest BCUT2D eigenvalue weighted by atomic mass is 9.90. The van der Waals surface area contributed by atoms with Crippen molar-refractivity contribution in [3.8, 4) is 0 Å². The molecule has 0 aliphatic heterocycles. The summed E-state index contributed by atoms with van der Waals surface area (Å²) in [5.41, 5.74) is 5.57. The predicted molar refractivity (Wildman–Crippen MR) is 337 cm³/mol. The van der Waals surface area contributed by atoms with E-state index >= 15 is 0 Å². The van der Waals surface area contributed by atoms with Crippen LogP contribution in [-0.4, -0.2) is 303 Å². The number of aldehydes is 1. The summed E-state index contributed by atoms with van der Waals surface area (Å²) in [6.45, 7) is -5.40. The fourth-order valence-corrected chi connectivity index (χ4v) is 9.42. The third-order valence-corrected chi connectivity index (χ3v) is 15.6. The summed E-state index contributed by atoms with van der Waals surface area (Å²) >= 11 is 0. The van der Waals surface area contributed by atoms with Crippen molar-refractivity contribution in [2.75, 3.05) is 50.5 Å². The number of benzene rings is 1. The number of nitrogen functional groups attached to an aromatic ring is 1. The number of aromatic nitrogens is 4. The summed E-state index contributed by atoms with van der Waals surface area (Å²) in [6.07, 6.45) is -31.2. The molecule has 3 aromatic rings. The molecule has 41 heteroatoms. The smallest absolute Gasteiger partial charge is 0.326 e. The van der Waals surface area contributed by atoms with Crippen LogP contribution in [0.5, 0.6) is 0 Å². The van der Waals surface area contributed by atoms with Gasteiger partial charge in [-0.1, -0.05) is 0 Å². The van der Waals surface area contributed by atoms with Crippen molar-refractivity contribution in [2.45, 2.75) is 175 Å². The van der Waals surface area contributed by atoms with Crippen molar-refractivity contribution < 1.29 is 140 Å². The molecule has 2 heterocycles. The maximum atomic E-state index is 14.4. The summed E-state index contributed by atoms with van der Waals surface area (Å²) in [5, 5.41) is 184. The van der Waals surface area contributed by atoms with E-state index in [-0.39, 0.29) is 35.5 Å². The number of hydrogen-bond acceptors (Lipinski definition) is 32. The Bertz CT molecular complexity index is 3260. The first-order valence-corrected chi connectivity index (χ1v) is 31.2. The van der Waals surface area contributed by atoms with E-state index in [4.69, 9.17) is 21.1 Å². The maximum absolute atomic E-state index is 14.4. The highest BCUT2D eigenvalue weighted by atomic mass is 16.4. The Morgan fingerprint density at radius 2 is 0.980 bits per heavy atom. The lowest BCUT2D eigenvalue weighted by Gasteiger charge is -2.26. The molecule has 0 bridgehead atoms. The van der Waals surface area contributed by atoms with E-state index in [9.17, 15) is 129 Å². The fraction of sp³-hybridized carbons (Fsp3) is 0.610. The van der Waals surface area contributed by atoms with Gasteiger partial charge in [0, 0.05) is 87.7 Å². The van der Waals surface area contributed by atoms with Gasteiger partial charge in [0.25, 0.3) is 11.5 Å². The fourth-order valence-electron chi connectivity index (χ4n) is 9.42. The third-order valence-electron chi connectivity index (χ3n) is 15.6. The van der Waals surface area contributed by atoms with E-state index in [2.05, 4.69) is 57.2 Å². The second-order valence-electron chi connectivity index (χ2n) is 23.3. The Morgan fingerprint density at radius 3 is 1.44 bits per heavy atom. The number of carboxylic acid groups (broad SMARTS) is 2. The number of fused-ring (bicyclic) bond motifs is 1. The Hall–Kier alpha value is -8.79. The lowest BCUT2D eigenvalue weighted by molar-refractivity contribution is -0.140. The van der Waals surface area contributed by atoms with Crippen molar-refractivity contribution in [2.24, 2.45) is 11.8 Å². The van der Waals surface area contributed by atoms with Crippen molar-refractivity contribution in [3.05, 3.63) is 52.1 Å². The van der Waals surface area contributed by atoms with E-state index < -0.39 is 284 Å². The van der Waals surface area contributed by atoms with Crippen LogP contribution in [0.3, 0.4) is 0 Å². The van der Waals surface area contributed by atoms with Crippen molar-refractivity contribution in [1.29, 1.82) is 0 Å². The summed E-state index contributed by atoms with van der Waals surface area (Å²) in [7, 11) is 0. The van der Waals surface area contributed by atoms with Gasteiger partial charge in [-0.15, -0.1) is 0 Å². The zero-order chi connectivity index (χ0) is 75.1. The number of carbonyl (C=O) groups excluding carboxylic acids is 9. The minimum absolute atomic E-state index is 0.00897. The number of aliphatic hydroxyl groups excluding tert-OH is 15. The Labute approximate surface area is 567 Å². The molecule has 1 aromatic carbocycles. The second-order valence-corrected chi connectivity index (χ2v) is 23.3. The standard InChI is InChI=1S/C59H88N12O29/c60-59-70-53-46(57(98)71-59)66-31(18-65-53)17-61-29-5-1-26(2-6-29)54(95)69-34(58(99)100)9-8-32(76)15-27(3-11-42(84)62-19-36(78)47(89)50(92)39(81)23-73)56(97)68-33(10-14-45(87)88)35(77)16-28(4-12-43(85)63-20-37(79)48(90)51(93)40(82)24-74)55(96)67-30(22-72)7-13-44(86)64-21-38(80)49(91)52(94)41(83)25-75/h1-2,5-6,18,22,27-28,30,33-34,36-41,47-52,61,73-75,78-83,89-94H,3-4,7-17,19-21,23-25H2,(H,62,84)(H,63,85)(H,64,86)(H,67,96)(H,68,97)(H,69,95)(H,87,88)(H,99,100)(H3,60,65,70,71,98)/t27-,28-,30+,33+,34+,36+,37+,38+,39-,40-,41-,47-,48-,49-,50-,51-,52-/m1/s1. The van der Waals surface area contributed by atoms with E-state index in [1.165, 1.54) is 30.5 Å². The molecular formula is C59H88N12O29. The van der Waals surface area contributed by atoms with Crippen LogP contribution in [0.4, 0.5) is 11.6 Å². The molecule has 6 amide bonds. The molecule has 41 nitrogen and oxygen atoms in total. The molecule has 100 heavy (non-hydrogen) atoms. The number of aliphatic hydroxyl groups is 15. The van der Waals surface area contributed by atoms with Gasteiger partial charge in [-0.3, -0.25) is 52.9 Å². The van der Waals surface area contributed by atoms with Gasteiger partial charge >= 0.3 is 11.9 Å². The Morgan fingerprint density at radius 1 is 0.530 bits per heavy atom. The number of amides is 6. The molecule has 0 unspecified atom stereocenters. The van der Waals surface area contributed by atoms with E-state index in [1.807, 2.05) is 0 Å². The van der Waals surface area contributed by atoms with Crippen molar-refractivity contribution >= 4 is 88.0 Å². The quantitative estimate of drug-likeness (QED) is 0.0233. The molecule has 2 aromatic heterocycles. The zero-order valence-electron chi connectivity index (χ0n) is 53.6. The van der Waals surface area contributed by atoms with Gasteiger partial charge in [0.15, 0.2) is 16.9 Å². The van der Waals surface area contributed by atoms with Crippen LogP contribution in [-0.2, 0) is 54.5 Å². The average Bonchev–Trinajstić information content (AvgIpc) is 0.812. The predicted octanol–water partition coefficient (Wildman–Crippen LogP) is -10.9. The Kier molecular flexibility index (Phi) is 36.7. The third kappa shape index (κ3) is 28.8. The number of anilines is 2. The number of nitrogens with zero attached hydrogens (tertiary/aromatic N) is 3. The van der Waals surface area contributed by atoms with Crippen LogP contribution in [0.1, 0.15) is 93.1 Å². The van der Waals surface area contributed by atoms with E-state index in [0.29, 0.717) is 11.4 Å². The largest absolute Gasteiger partial charge is 0.481 e. The van der Waals surface area contributed by atoms with Gasteiger partial charge in [-0.25, -0.2) is 14.8 Å². The maximum Gasteiger partial charge on any atom is 0.326 e. The molecule has 558 valence electrons. The summed E-state index contributed by atoms with van der Waals surface area (Å²) in [4.78, 5) is 172. The highest BCUT2D eigenvalue weighted by Crippen LogP contribution is 2.21. The molecular weight excluding hydrogens is 1340 g/mol. The van der Waals surface area contributed by atoms with Crippen LogP contribution < -0.4 is 48.5 Å². The molecule has 0 aliphatic rings. The van der Waals surface area contributed by atoms with Gasteiger partial charge in [0.2, 0.25) is 35.5 Å². The molecule has 0 fully saturated rings. The van der Waals surface area contributed by atoms with Crippen molar-refractivity contribution in [1.82, 2.24) is 51.8 Å². The summed E-state index contributed by atoms with van der Waals surface area (Å²) in [5.74, 6) is -15.0. The first kappa shape index (κ1) is 85.4. The van der Waals surface area contributed by atoms with Gasteiger partial charge in [-0.2, -0.15) is 4.98 Å². The second kappa shape index (κ2) is 43.0. The monoisotopic (exact) mass is 1430 g/mol. The molecule has 0 saturated carbocycles. The molecule has 0 aliphatic carbocycles. The van der Waals surface area contributed by atoms with Gasteiger partial charge in [-0.05, 0) is 56.4 Å². The molecule has 17 atom stereocenters. The van der Waals surface area contributed by atoms with Gasteiger partial charge in [0.05, 0.1) is 68.7 Å². The minimum Gasteiger partial charge on any atom is -0.481 e. The first-order valence-electron chi connectivity index (χ1n) is 31.2. The van der Waals surface area contributed by atoms with Crippen LogP contribution in [0.15, 0.2) is 35.3 Å². The first-order chi connectivity index (χ1) is 47.1. The highest BCUT2D eigenvalue weighted by Gasteiger charge is 2.36. The number of nitrogens with two attached hydrogens (primary N) is 1. The van der Waals surface area contributed by atoms with Crippen LogP contribution in [0.25, 0.3) is 11.2 Å². The molecule has 0 radical (unpaired) electrons. The van der Waals surface area contributed by atoms with Gasteiger partial charge in [0.1, 0.15) is 73.0 Å².